The fourth-order valence-corrected chi connectivity index (χ4v) is 3.75. The topological polar surface area (TPSA) is 59.3 Å². The lowest BCUT2D eigenvalue weighted by molar-refractivity contribution is 0.460. The smallest absolute Gasteiger partial charge is 0.257 e. The molecular formula is C19H21ClN4O. The van der Waals surface area contributed by atoms with Gasteiger partial charge in [-0.05, 0) is 69.7 Å². The summed E-state index contributed by atoms with van der Waals surface area (Å²) in [6, 6.07) is 7.56. The molecule has 2 aliphatic rings. The molecule has 0 saturated carbocycles. The quantitative estimate of drug-likeness (QED) is 0.829. The van der Waals surface area contributed by atoms with E-state index in [4.69, 9.17) is 16.6 Å². The zero-order chi connectivity index (χ0) is 17.4. The molecule has 1 aromatic carbocycles. The maximum Gasteiger partial charge on any atom is 0.257 e. The first-order chi connectivity index (χ1) is 12.1. The van der Waals surface area contributed by atoms with Crippen LogP contribution in [0.25, 0.3) is 0 Å². The number of hydrogen-bond donors (Lipinski definition) is 1. The van der Waals surface area contributed by atoms with Gasteiger partial charge in [0, 0.05) is 16.6 Å². The van der Waals surface area contributed by atoms with Gasteiger partial charge in [0.25, 0.3) is 5.56 Å². The summed E-state index contributed by atoms with van der Waals surface area (Å²) in [7, 11) is 0. The van der Waals surface area contributed by atoms with E-state index < -0.39 is 0 Å². The van der Waals surface area contributed by atoms with Gasteiger partial charge >= 0.3 is 0 Å². The van der Waals surface area contributed by atoms with Crippen LogP contribution in [0.5, 0.6) is 0 Å². The first-order valence-corrected chi connectivity index (χ1v) is 9.24. The monoisotopic (exact) mass is 356 g/mol. The fourth-order valence-electron chi connectivity index (χ4n) is 3.63. The number of halogens is 1. The van der Waals surface area contributed by atoms with E-state index in [1.54, 1.807) is 0 Å². The Morgan fingerprint density at radius 3 is 2.76 bits per heavy atom. The third-order valence-electron chi connectivity index (χ3n) is 5.05. The standard InChI is InChI=1S/C19H21ClN4O/c1-12-6-11-17(23-22-14-9-7-13(20)8-10-14)18-21-16-5-3-2-4-15(16)19(25)24(12)18/h7-10,12,22H,2-6,11H2,1H3. The predicted octanol–water partition coefficient (Wildman–Crippen LogP) is 3.95. The fraction of sp³-hybridized carbons (Fsp3) is 0.421. The van der Waals surface area contributed by atoms with E-state index >= 15 is 0 Å². The van der Waals surface area contributed by atoms with Crippen molar-refractivity contribution in [2.75, 3.05) is 5.43 Å². The molecule has 1 N–H and O–H groups in total. The minimum atomic E-state index is 0.131. The first-order valence-electron chi connectivity index (χ1n) is 8.86. The third-order valence-corrected chi connectivity index (χ3v) is 5.30. The molecule has 1 atom stereocenters. The maximum absolute atomic E-state index is 13.0. The van der Waals surface area contributed by atoms with Gasteiger partial charge in [-0.3, -0.25) is 14.8 Å². The highest BCUT2D eigenvalue weighted by Crippen LogP contribution is 2.25. The summed E-state index contributed by atoms with van der Waals surface area (Å²) < 4.78 is 1.84. The molecule has 25 heavy (non-hydrogen) atoms. The van der Waals surface area contributed by atoms with Crippen LogP contribution in [-0.2, 0) is 12.8 Å². The number of anilines is 1. The van der Waals surface area contributed by atoms with Crippen molar-refractivity contribution < 1.29 is 0 Å². The van der Waals surface area contributed by atoms with Crippen LogP contribution in [-0.4, -0.2) is 15.3 Å². The lowest BCUT2D eigenvalue weighted by Crippen LogP contribution is -2.38. The van der Waals surface area contributed by atoms with Gasteiger partial charge in [0.05, 0.1) is 11.4 Å². The van der Waals surface area contributed by atoms with Crippen molar-refractivity contribution in [1.82, 2.24) is 9.55 Å². The van der Waals surface area contributed by atoms with Crippen molar-refractivity contribution in [2.24, 2.45) is 5.10 Å². The summed E-state index contributed by atoms with van der Waals surface area (Å²) in [5.41, 5.74) is 6.79. The molecule has 0 bridgehead atoms. The molecule has 1 aromatic heterocycles. The number of hydrazone groups is 1. The summed E-state index contributed by atoms with van der Waals surface area (Å²) in [6.07, 6.45) is 5.64. The number of nitrogens with one attached hydrogen (secondary N) is 1. The molecule has 0 radical (unpaired) electrons. The average molecular weight is 357 g/mol. The van der Waals surface area contributed by atoms with E-state index in [0.29, 0.717) is 5.02 Å². The van der Waals surface area contributed by atoms with E-state index in [2.05, 4.69) is 17.5 Å². The predicted molar refractivity (Wildman–Crippen MR) is 101 cm³/mol. The van der Waals surface area contributed by atoms with Gasteiger partial charge in [-0.15, -0.1) is 0 Å². The number of nitrogens with zero attached hydrogens (tertiary/aromatic N) is 3. The Bertz CT molecular complexity index is 886. The van der Waals surface area contributed by atoms with Crippen molar-refractivity contribution in [2.45, 2.75) is 51.5 Å². The normalized spacial score (nSPS) is 20.9. The molecule has 1 unspecified atom stereocenters. The van der Waals surface area contributed by atoms with Crippen LogP contribution in [0.3, 0.4) is 0 Å². The summed E-state index contributed by atoms with van der Waals surface area (Å²) >= 11 is 5.92. The Morgan fingerprint density at radius 1 is 1.20 bits per heavy atom. The van der Waals surface area contributed by atoms with Gasteiger partial charge in [-0.2, -0.15) is 5.10 Å². The molecule has 0 amide bonds. The summed E-state index contributed by atoms with van der Waals surface area (Å²) in [4.78, 5) is 17.8. The second-order valence-corrected chi connectivity index (χ2v) is 7.24. The van der Waals surface area contributed by atoms with Gasteiger partial charge in [-0.1, -0.05) is 11.6 Å². The van der Waals surface area contributed by atoms with Gasteiger partial charge in [0.15, 0.2) is 5.82 Å². The van der Waals surface area contributed by atoms with Crippen LogP contribution in [0.1, 0.15) is 55.7 Å². The SMILES string of the molecule is CC1CCC(=NNc2ccc(Cl)cc2)c2nc3c(c(=O)n21)CCCC3. The zero-order valence-electron chi connectivity index (χ0n) is 14.3. The minimum absolute atomic E-state index is 0.131. The van der Waals surface area contributed by atoms with E-state index in [1.165, 1.54) is 0 Å². The van der Waals surface area contributed by atoms with E-state index in [1.807, 2.05) is 28.8 Å². The van der Waals surface area contributed by atoms with Gasteiger partial charge < -0.3 is 0 Å². The molecule has 2 heterocycles. The van der Waals surface area contributed by atoms with E-state index in [-0.39, 0.29) is 11.6 Å². The largest absolute Gasteiger partial charge is 0.288 e. The summed E-state index contributed by atoms with van der Waals surface area (Å²) in [5, 5.41) is 5.24. The van der Waals surface area contributed by atoms with Crippen LogP contribution >= 0.6 is 11.6 Å². The van der Waals surface area contributed by atoms with E-state index in [0.717, 1.165) is 67.0 Å². The van der Waals surface area contributed by atoms with Crippen LogP contribution in [0.2, 0.25) is 5.02 Å². The Balaban J connectivity index is 1.74. The summed E-state index contributed by atoms with van der Waals surface area (Å²) in [5.74, 6) is 0.728. The molecule has 0 spiro atoms. The molecule has 5 nitrogen and oxygen atoms in total. The molecule has 130 valence electrons. The lowest BCUT2D eigenvalue weighted by Gasteiger charge is -2.28. The maximum atomic E-state index is 13.0. The number of rotatable bonds is 2. The van der Waals surface area contributed by atoms with Gasteiger partial charge in [0.1, 0.15) is 5.71 Å². The highest BCUT2D eigenvalue weighted by molar-refractivity contribution is 6.30. The van der Waals surface area contributed by atoms with Gasteiger partial charge in [0.2, 0.25) is 0 Å². The second kappa shape index (κ2) is 6.64. The molecule has 6 heteroatoms. The third kappa shape index (κ3) is 3.09. The van der Waals surface area contributed by atoms with Crippen molar-refractivity contribution in [3.63, 3.8) is 0 Å². The molecule has 1 aliphatic carbocycles. The zero-order valence-corrected chi connectivity index (χ0v) is 15.0. The number of aryl methyl sites for hydroxylation is 1. The minimum Gasteiger partial charge on any atom is -0.288 e. The average Bonchev–Trinajstić information content (AvgIpc) is 2.63. The highest BCUT2D eigenvalue weighted by Gasteiger charge is 2.27. The van der Waals surface area contributed by atoms with Gasteiger partial charge in [-0.25, -0.2) is 4.98 Å². The molecule has 4 rings (SSSR count). The number of hydrogen-bond acceptors (Lipinski definition) is 4. The Morgan fingerprint density at radius 2 is 1.96 bits per heavy atom. The molecule has 0 saturated heterocycles. The first kappa shape index (κ1) is 16.3. The Hall–Kier alpha value is -2.14. The Labute approximate surface area is 151 Å². The van der Waals surface area contributed by atoms with E-state index in [9.17, 15) is 4.79 Å². The van der Waals surface area contributed by atoms with Crippen LogP contribution < -0.4 is 11.0 Å². The second-order valence-electron chi connectivity index (χ2n) is 6.81. The number of fused-ring (bicyclic) bond motifs is 2. The molecular weight excluding hydrogens is 336 g/mol. The molecule has 2 aromatic rings. The lowest BCUT2D eigenvalue weighted by atomic mass is 9.95. The van der Waals surface area contributed by atoms with Crippen molar-refractivity contribution >= 4 is 23.0 Å². The Kier molecular flexibility index (Phi) is 4.34. The van der Waals surface area contributed by atoms with Crippen molar-refractivity contribution in [3.8, 4) is 0 Å². The van der Waals surface area contributed by atoms with Crippen molar-refractivity contribution in [1.29, 1.82) is 0 Å². The summed E-state index contributed by atoms with van der Waals surface area (Å²) in [6.45, 7) is 2.09. The van der Waals surface area contributed by atoms with Crippen molar-refractivity contribution in [3.05, 3.63) is 56.7 Å². The van der Waals surface area contributed by atoms with Crippen LogP contribution in [0.15, 0.2) is 34.2 Å². The molecule has 1 aliphatic heterocycles. The highest BCUT2D eigenvalue weighted by atomic mass is 35.5. The molecule has 0 fully saturated rings. The number of aromatic nitrogens is 2. The van der Waals surface area contributed by atoms with Crippen LogP contribution in [0, 0.1) is 0 Å². The van der Waals surface area contributed by atoms with Crippen LogP contribution in [0.4, 0.5) is 5.69 Å². The number of benzene rings is 1.